The minimum absolute atomic E-state index is 0.163. The maximum atomic E-state index is 11.7. The van der Waals surface area contributed by atoms with E-state index < -0.39 is 0 Å². The van der Waals surface area contributed by atoms with Crippen molar-refractivity contribution in [2.45, 2.75) is 46.7 Å². The molecule has 0 amide bonds. The van der Waals surface area contributed by atoms with Crippen molar-refractivity contribution in [3.05, 3.63) is 0 Å². The maximum Gasteiger partial charge on any atom is 0.324 e. The maximum absolute atomic E-state index is 11.7. The van der Waals surface area contributed by atoms with Gasteiger partial charge in [-0.05, 0) is 33.7 Å². The van der Waals surface area contributed by atoms with Crippen LogP contribution in [0.1, 0.15) is 34.6 Å². The number of hydrogen-bond donors (Lipinski definition) is 1. The quantitative estimate of drug-likeness (QED) is 0.657. The summed E-state index contributed by atoms with van der Waals surface area (Å²) >= 11 is 0. The summed E-state index contributed by atoms with van der Waals surface area (Å²) < 4.78 is 5.05. The summed E-state index contributed by atoms with van der Waals surface area (Å²) in [7, 11) is 1.80. The second-order valence-corrected chi connectivity index (χ2v) is 5.03. The monoisotopic (exact) mass is 244 g/mol. The van der Waals surface area contributed by atoms with Crippen molar-refractivity contribution in [3.8, 4) is 0 Å². The van der Waals surface area contributed by atoms with E-state index in [-0.39, 0.29) is 12.0 Å². The van der Waals surface area contributed by atoms with E-state index in [9.17, 15) is 4.79 Å². The fraction of sp³-hybridized carbons (Fsp3) is 0.923. The Morgan fingerprint density at radius 1 is 1.24 bits per heavy atom. The third-order valence-corrected chi connectivity index (χ3v) is 2.67. The van der Waals surface area contributed by atoms with E-state index in [1.54, 1.807) is 7.05 Å². The van der Waals surface area contributed by atoms with Crippen molar-refractivity contribution in [2.24, 2.45) is 5.92 Å². The van der Waals surface area contributed by atoms with Crippen LogP contribution >= 0.6 is 0 Å². The van der Waals surface area contributed by atoms with Gasteiger partial charge in [0.2, 0.25) is 0 Å². The summed E-state index contributed by atoms with van der Waals surface area (Å²) in [6, 6.07) is 0.193. The van der Waals surface area contributed by atoms with Gasteiger partial charge in [-0.2, -0.15) is 0 Å². The van der Waals surface area contributed by atoms with Gasteiger partial charge in [0.05, 0.1) is 6.61 Å². The number of rotatable bonds is 8. The van der Waals surface area contributed by atoms with Crippen molar-refractivity contribution in [2.75, 3.05) is 26.7 Å². The van der Waals surface area contributed by atoms with Crippen LogP contribution in [0.25, 0.3) is 0 Å². The Labute approximate surface area is 106 Å². The van der Waals surface area contributed by atoms with Gasteiger partial charge in [0, 0.05) is 19.1 Å². The highest BCUT2D eigenvalue weighted by atomic mass is 16.5. The molecule has 4 nitrogen and oxygen atoms in total. The minimum atomic E-state index is -0.240. The van der Waals surface area contributed by atoms with Crippen LogP contribution in [0.4, 0.5) is 0 Å². The summed E-state index contributed by atoms with van der Waals surface area (Å²) in [6.07, 6.45) is 0. The molecule has 0 aromatic carbocycles. The van der Waals surface area contributed by atoms with Crippen LogP contribution in [0.15, 0.2) is 0 Å². The summed E-state index contributed by atoms with van der Waals surface area (Å²) in [5.41, 5.74) is 0. The number of nitrogens with zero attached hydrogens (tertiary/aromatic N) is 1. The van der Waals surface area contributed by atoms with Gasteiger partial charge in [-0.25, -0.2) is 0 Å². The van der Waals surface area contributed by atoms with Crippen LogP contribution in [-0.2, 0) is 9.53 Å². The Balaban J connectivity index is 4.42. The van der Waals surface area contributed by atoms with Crippen molar-refractivity contribution in [1.82, 2.24) is 10.2 Å². The smallest absolute Gasteiger partial charge is 0.324 e. The Morgan fingerprint density at radius 2 is 1.82 bits per heavy atom. The van der Waals surface area contributed by atoms with Crippen LogP contribution in [0.3, 0.4) is 0 Å². The van der Waals surface area contributed by atoms with Crippen LogP contribution in [0, 0.1) is 5.92 Å². The molecule has 0 heterocycles. The Morgan fingerprint density at radius 3 is 2.18 bits per heavy atom. The fourth-order valence-corrected chi connectivity index (χ4v) is 1.73. The van der Waals surface area contributed by atoms with E-state index in [0.29, 0.717) is 25.1 Å². The first-order valence-electron chi connectivity index (χ1n) is 6.50. The predicted octanol–water partition coefficient (Wildman–Crippen LogP) is 1.50. The van der Waals surface area contributed by atoms with Gasteiger partial charge in [-0.1, -0.05) is 13.8 Å². The highest BCUT2D eigenvalue weighted by molar-refractivity contribution is 5.76. The van der Waals surface area contributed by atoms with Gasteiger partial charge in [0.1, 0.15) is 6.04 Å². The summed E-state index contributed by atoms with van der Waals surface area (Å²) in [4.78, 5) is 14.0. The van der Waals surface area contributed by atoms with Gasteiger partial charge in [0.25, 0.3) is 0 Å². The van der Waals surface area contributed by atoms with E-state index in [1.807, 2.05) is 6.92 Å². The average molecular weight is 244 g/mol. The lowest BCUT2D eigenvalue weighted by molar-refractivity contribution is -0.146. The molecule has 0 radical (unpaired) electrons. The number of esters is 1. The molecule has 0 aliphatic carbocycles. The molecule has 4 heteroatoms. The molecular formula is C13H28N2O2. The molecule has 1 unspecified atom stereocenters. The molecule has 17 heavy (non-hydrogen) atoms. The Kier molecular flexibility index (Phi) is 8.17. The molecule has 1 N–H and O–H groups in total. The molecule has 102 valence electrons. The number of likely N-dealkylation sites (N-methyl/N-ethyl adjacent to an activating group) is 1. The second-order valence-electron chi connectivity index (χ2n) is 5.03. The molecule has 1 atom stereocenters. The topological polar surface area (TPSA) is 41.6 Å². The van der Waals surface area contributed by atoms with E-state index in [2.05, 4.69) is 37.9 Å². The Bertz CT molecular complexity index is 217. The number of ether oxygens (including phenoxy) is 1. The van der Waals surface area contributed by atoms with Gasteiger partial charge >= 0.3 is 5.97 Å². The minimum Gasteiger partial charge on any atom is -0.465 e. The summed E-state index contributed by atoms with van der Waals surface area (Å²) in [5.74, 6) is 0.432. The molecule has 0 fully saturated rings. The SMILES string of the molecule is CCOC(=O)C(CN(CC(C)C)C(C)C)NC. The van der Waals surface area contributed by atoms with Gasteiger partial charge < -0.3 is 10.1 Å². The predicted molar refractivity (Wildman–Crippen MR) is 71.0 cm³/mol. The number of hydrogen-bond acceptors (Lipinski definition) is 4. The fourth-order valence-electron chi connectivity index (χ4n) is 1.73. The second kappa shape index (κ2) is 8.48. The lowest BCUT2D eigenvalue weighted by Gasteiger charge is -2.31. The zero-order valence-electron chi connectivity index (χ0n) is 12.1. The third kappa shape index (κ3) is 6.64. The lowest BCUT2D eigenvalue weighted by atomic mass is 10.1. The molecule has 0 aromatic rings. The van der Waals surface area contributed by atoms with Gasteiger partial charge in [0.15, 0.2) is 0 Å². The van der Waals surface area contributed by atoms with Crippen LogP contribution in [0.5, 0.6) is 0 Å². The lowest BCUT2D eigenvalue weighted by Crippen LogP contribution is -2.48. The van der Waals surface area contributed by atoms with Crippen LogP contribution < -0.4 is 5.32 Å². The first-order chi connectivity index (χ1) is 7.92. The number of nitrogens with one attached hydrogen (secondary N) is 1. The molecule has 0 aromatic heterocycles. The van der Waals surface area contributed by atoms with Gasteiger partial charge in [-0.3, -0.25) is 9.69 Å². The normalized spacial score (nSPS) is 13.5. The number of carbonyl (C=O) groups is 1. The molecule has 0 aliphatic heterocycles. The number of carbonyl (C=O) groups excluding carboxylic acids is 1. The zero-order chi connectivity index (χ0) is 13.4. The first kappa shape index (κ1) is 16.4. The van der Waals surface area contributed by atoms with E-state index in [1.165, 1.54) is 0 Å². The highest BCUT2D eigenvalue weighted by Crippen LogP contribution is 2.06. The molecule has 0 spiro atoms. The van der Waals surface area contributed by atoms with Crippen LogP contribution in [0.2, 0.25) is 0 Å². The molecule has 0 bridgehead atoms. The summed E-state index contributed by atoms with van der Waals surface area (Å²) in [5, 5.41) is 3.03. The van der Waals surface area contributed by atoms with E-state index >= 15 is 0 Å². The van der Waals surface area contributed by atoms with Crippen molar-refractivity contribution in [3.63, 3.8) is 0 Å². The highest BCUT2D eigenvalue weighted by Gasteiger charge is 2.22. The van der Waals surface area contributed by atoms with Crippen LogP contribution in [-0.4, -0.2) is 49.7 Å². The zero-order valence-corrected chi connectivity index (χ0v) is 12.1. The third-order valence-electron chi connectivity index (χ3n) is 2.67. The van der Waals surface area contributed by atoms with E-state index in [4.69, 9.17) is 4.74 Å². The molecule has 0 saturated heterocycles. The largest absolute Gasteiger partial charge is 0.465 e. The summed E-state index contributed by atoms with van der Waals surface area (Å²) in [6.45, 7) is 12.6. The molecule has 0 saturated carbocycles. The standard InChI is InChI=1S/C13H28N2O2/c1-7-17-13(16)12(14-6)9-15(11(4)5)8-10(2)3/h10-12,14H,7-9H2,1-6H3. The van der Waals surface area contributed by atoms with E-state index in [0.717, 1.165) is 6.54 Å². The molecule has 0 aliphatic rings. The van der Waals surface area contributed by atoms with Gasteiger partial charge in [-0.15, -0.1) is 0 Å². The first-order valence-corrected chi connectivity index (χ1v) is 6.50. The van der Waals surface area contributed by atoms with Crippen molar-refractivity contribution in [1.29, 1.82) is 0 Å². The van der Waals surface area contributed by atoms with Crippen molar-refractivity contribution < 1.29 is 9.53 Å². The molecular weight excluding hydrogens is 216 g/mol. The average Bonchev–Trinajstić information content (AvgIpc) is 2.23. The Hall–Kier alpha value is -0.610. The molecule has 0 rings (SSSR count). The van der Waals surface area contributed by atoms with Crippen molar-refractivity contribution >= 4 is 5.97 Å².